The van der Waals surface area contributed by atoms with Crippen molar-refractivity contribution in [2.24, 2.45) is 0 Å². The van der Waals surface area contributed by atoms with Crippen molar-refractivity contribution >= 4 is 17.5 Å². The molecule has 6 heteroatoms. The number of carbonyl (C=O) groups is 2. The Morgan fingerprint density at radius 1 is 1.22 bits per heavy atom. The topological polar surface area (TPSA) is 70.7 Å². The van der Waals surface area contributed by atoms with Crippen molar-refractivity contribution in [3.8, 4) is 0 Å². The van der Waals surface area contributed by atoms with E-state index in [0.717, 1.165) is 30.7 Å². The van der Waals surface area contributed by atoms with Gasteiger partial charge in [-0.3, -0.25) is 14.5 Å². The first kappa shape index (κ1) is 17.4. The monoisotopic (exact) mass is 319 g/mol. The lowest BCUT2D eigenvalue weighted by atomic mass is 10.2. The van der Waals surface area contributed by atoms with E-state index in [-0.39, 0.29) is 31.0 Å². The van der Waals surface area contributed by atoms with Crippen molar-refractivity contribution in [1.82, 2.24) is 10.2 Å². The molecule has 1 aromatic rings. The maximum absolute atomic E-state index is 12.0. The molecule has 0 aromatic heterocycles. The summed E-state index contributed by atoms with van der Waals surface area (Å²) in [7, 11) is 1.75. The van der Waals surface area contributed by atoms with Gasteiger partial charge in [0.25, 0.3) is 0 Å². The minimum atomic E-state index is -0.136. The molecule has 1 aliphatic heterocycles. The number of hydrogen-bond donors (Lipinski definition) is 2. The van der Waals surface area contributed by atoms with Gasteiger partial charge in [0.2, 0.25) is 11.8 Å². The number of aryl methyl sites for hydroxylation is 1. The predicted molar refractivity (Wildman–Crippen MR) is 89.3 cm³/mol. The van der Waals surface area contributed by atoms with Gasteiger partial charge in [0.05, 0.1) is 19.2 Å². The van der Waals surface area contributed by atoms with Crippen LogP contribution >= 0.6 is 0 Å². The standard InChI is InChI=1S/C17H25N3O3/c1-13-5-7-14(8-6-13)19-17(22)12-20(2)11-16(21)18-10-15-4-3-9-23-15/h5-8,15H,3-4,9-12H2,1-2H3,(H,18,21)(H,19,22)/t15-/m0/s1. The van der Waals surface area contributed by atoms with Crippen LogP contribution in [-0.2, 0) is 14.3 Å². The minimum Gasteiger partial charge on any atom is -0.376 e. The van der Waals surface area contributed by atoms with Crippen LogP contribution < -0.4 is 10.6 Å². The van der Waals surface area contributed by atoms with Crippen LogP contribution in [0.25, 0.3) is 0 Å². The molecule has 0 radical (unpaired) electrons. The molecule has 0 aliphatic carbocycles. The molecule has 126 valence electrons. The largest absolute Gasteiger partial charge is 0.376 e. The minimum absolute atomic E-state index is 0.0915. The fraction of sp³-hybridized carbons (Fsp3) is 0.529. The van der Waals surface area contributed by atoms with E-state index in [2.05, 4.69) is 10.6 Å². The summed E-state index contributed by atoms with van der Waals surface area (Å²) in [5.41, 5.74) is 1.90. The van der Waals surface area contributed by atoms with Gasteiger partial charge in [0.15, 0.2) is 0 Å². The second kappa shape index (κ2) is 8.64. The van der Waals surface area contributed by atoms with Gasteiger partial charge < -0.3 is 15.4 Å². The lowest BCUT2D eigenvalue weighted by Gasteiger charge is -2.17. The highest BCUT2D eigenvalue weighted by Gasteiger charge is 2.17. The van der Waals surface area contributed by atoms with Crippen LogP contribution in [0.1, 0.15) is 18.4 Å². The van der Waals surface area contributed by atoms with Gasteiger partial charge >= 0.3 is 0 Å². The SMILES string of the molecule is Cc1ccc(NC(=O)CN(C)CC(=O)NC[C@@H]2CCCO2)cc1. The average Bonchev–Trinajstić information content (AvgIpc) is 3.00. The Balaban J connectivity index is 1.66. The predicted octanol–water partition coefficient (Wildman–Crippen LogP) is 1.16. The molecule has 1 saturated heterocycles. The summed E-state index contributed by atoms with van der Waals surface area (Å²) in [6.45, 7) is 3.67. The van der Waals surface area contributed by atoms with E-state index in [1.807, 2.05) is 31.2 Å². The molecule has 0 unspecified atom stereocenters. The quantitative estimate of drug-likeness (QED) is 0.791. The van der Waals surface area contributed by atoms with Crippen LogP contribution in [0.2, 0.25) is 0 Å². The van der Waals surface area contributed by atoms with Gasteiger partial charge in [-0.1, -0.05) is 17.7 Å². The van der Waals surface area contributed by atoms with E-state index >= 15 is 0 Å². The molecule has 6 nitrogen and oxygen atoms in total. The van der Waals surface area contributed by atoms with Crippen LogP contribution in [-0.4, -0.2) is 56.1 Å². The van der Waals surface area contributed by atoms with Crippen LogP contribution in [0, 0.1) is 6.92 Å². The molecule has 2 N–H and O–H groups in total. The fourth-order valence-corrected chi connectivity index (χ4v) is 2.47. The zero-order chi connectivity index (χ0) is 16.7. The van der Waals surface area contributed by atoms with Gasteiger partial charge in [0.1, 0.15) is 0 Å². The van der Waals surface area contributed by atoms with Crippen molar-refractivity contribution in [2.45, 2.75) is 25.9 Å². The highest BCUT2D eigenvalue weighted by molar-refractivity contribution is 5.92. The number of nitrogens with zero attached hydrogens (tertiary/aromatic N) is 1. The van der Waals surface area contributed by atoms with Gasteiger partial charge in [-0.25, -0.2) is 0 Å². The molecule has 0 saturated carbocycles. The summed E-state index contributed by atoms with van der Waals surface area (Å²) >= 11 is 0. The Bertz CT molecular complexity index is 524. The molecule has 1 aromatic carbocycles. The Morgan fingerprint density at radius 2 is 1.91 bits per heavy atom. The first-order valence-corrected chi connectivity index (χ1v) is 7.96. The number of nitrogens with one attached hydrogen (secondary N) is 2. The number of likely N-dealkylation sites (N-methyl/N-ethyl adjacent to an activating group) is 1. The highest BCUT2D eigenvalue weighted by atomic mass is 16.5. The van der Waals surface area contributed by atoms with Gasteiger partial charge in [-0.15, -0.1) is 0 Å². The summed E-state index contributed by atoms with van der Waals surface area (Å²) < 4.78 is 5.46. The number of anilines is 1. The van der Waals surface area contributed by atoms with Crippen LogP contribution in [0.5, 0.6) is 0 Å². The summed E-state index contributed by atoms with van der Waals surface area (Å²) in [5, 5.41) is 5.67. The zero-order valence-corrected chi connectivity index (χ0v) is 13.8. The molecule has 2 amide bonds. The molecule has 0 spiro atoms. The number of benzene rings is 1. The maximum Gasteiger partial charge on any atom is 0.238 e. The third-order valence-corrected chi connectivity index (χ3v) is 3.71. The normalized spacial score (nSPS) is 17.3. The second-order valence-corrected chi connectivity index (χ2v) is 6.03. The Labute approximate surface area is 137 Å². The van der Waals surface area contributed by atoms with E-state index in [1.165, 1.54) is 0 Å². The lowest BCUT2D eigenvalue weighted by molar-refractivity contribution is -0.123. The Kier molecular flexibility index (Phi) is 6.55. The van der Waals surface area contributed by atoms with Gasteiger partial charge in [0, 0.05) is 18.8 Å². The molecular formula is C17H25N3O3. The van der Waals surface area contributed by atoms with Crippen molar-refractivity contribution in [3.63, 3.8) is 0 Å². The zero-order valence-electron chi connectivity index (χ0n) is 13.8. The number of carbonyl (C=O) groups excluding carboxylic acids is 2. The van der Waals surface area contributed by atoms with E-state index in [0.29, 0.717) is 6.54 Å². The molecule has 1 atom stereocenters. The van der Waals surface area contributed by atoms with E-state index in [9.17, 15) is 9.59 Å². The third kappa shape index (κ3) is 6.38. The Morgan fingerprint density at radius 3 is 2.57 bits per heavy atom. The summed E-state index contributed by atoms with van der Waals surface area (Å²) in [4.78, 5) is 25.5. The first-order chi connectivity index (χ1) is 11.0. The number of amides is 2. The van der Waals surface area contributed by atoms with Crippen molar-refractivity contribution in [3.05, 3.63) is 29.8 Å². The van der Waals surface area contributed by atoms with Crippen molar-refractivity contribution in [1.29, 1.82) is 0 Å². The molecule has 23 heavy (non-hydrogen) atoms. The third-order valence-electron chi connectivity index (χ3n) is 3.71. The van der Waals surface area contributed by atoms with Gasteiger partial charge in [-0.05, 0) is 38.9 Å². The Hall–Kier alpha value is -1.92. The molecule has 0 bridgehead atoms. The molecule has 1 fully saturated rings. The van der Waals surface area contributed by atoms with E-state index in [4.69, 9.17) is 4.74 Å². The van der Waals surface area contributed by atoms with E-state index in [1.54, 1.807) is 11.9 Å². The second-order valence-electron chi connectivity index (χ2n) is 6.03. The molecule has 2 rings (SSSR count). The fourth-order valence-electron chi connectivity index (χ4n) is 2.47. The van der Waals surface area contributed by atoms with Crippen molar-refractivity contribution in [2.75, 3.05) is 38.6 Å². The number of hydrogen-bond acceptors (Lipinski definition) is 4. The highest BCUT2D eigenvalue weighted by Crippen LogP contribution is 2.10. The number of rotatable bonds is 7. The maximum atomic E-state index is 12.0. The van der Waals surface area contributed by atoms with Crippen LogP contribution in [0.3, 0.4) is 0 Å². The van der Waals surface area contributed by atoms with E-state index < -0.39 is 0 Å². The van der Waals surface area contributed by atoms with Crippen LogP contribution in [0.4, 0.5) is 5.69 Å². The van der Waals surface area contributed by atoms with Gasteiger partial charge in [-0.2, -0.15) is 0 Å². The summed E-state index contributed by atoms with van der Waals surface area (Å²) in [6.07, 6.45) is 2.18. The lowest BCUT2D eigenvalue weighted by Crippen LogP contribution is -2.41. The first-order valence-electron chi connectivity index (χ1n) is 7.96. The molecule has 1 heterocycles. The van der Waals surface area contributed by atoms with Crippen LogP contribution in [0.15, 0.2) is 24.3 Å². The summed E-state index contributed by atoms with van der Waals surface area (Å²) in [5.74, 6) is -0.227. The summed E-state index contributed by atoms with van der Waals surface area (Å²) in [6, 6.07) is 7.61. The average molecular weight is 319 g/mol. The number of ether oxygens (including phenoxy) is 1. The molecule has 1 aliphatic rings. The smallest absolute Gasteiger partial charge is 0.238 e. The molecular weight excluding hydrogens is 294 g/mol. The van der Waals surface area contributed by atoms with Crippen molar-refractivity contribution < 1.29 is 14.3 Å².